The third kappa shape index (κ3) is 19.0. The van der Waals surface area contributed by atoms with Crippen LogP contribution in [0.3, 0.4) is 0 Å². The first kappa shape index (κ1) is 34.1. The molecule has 0 spiro atoms. The number of esters is 1. The summed E-state index contributed by atoms with van der Waals surface area (Å²) in [4.78, 5) is 36.1. The SMILES string of the molecule is COC(=O)C=CCCCC=C(C)C=CC=CC(=O)NC(C(=O)NC=CCC(O)CC=C(C)Cl)C(C)(C)C. The van der Waals surface area contributed by atoms with E-state index in [4.69, 9.17) is 11.6 Å². The number of carbonyl (C=O) groups excluding carboxylic acids is 3. The molecule has 206 valence electrons. The molecule has 0 aliphatic rings. The van der Waals surface area contributed by atoms with Crippen LogP contribution < -0.4 is 10.6 Å². The van der Waals surface area contributed by atoms with E-state index in [1.807, 2.05) is 33.8 Å². The zero-order valence-corrected chi connectivity index (χ0v) is 23.7. The van der Waals surface area contributed by atoms with Crippen LogP contribution in [-0.4, -0.2) is 42.1 Å². The van der Waals surface area contributed by atoms with E-state index in [2.05, 4.69) is 21.4 Å². The summed E-state index contributed by atoms with van der Waals surface area (Å²) in [5.41, 5.74) is 0.546. The van der Waals surface area contributed by atoms with Gasteiger partial charge in [-0.3, -0.25) is 9.59 Å². The van der Waals surface area contributed by atoms with Crippen molar-refractivity contribution in [1.82, 2.24) is 10.6 Å². The minimum absolute atomic E-state index is 0.341. The number of methoxy groups -OCH3 is 1. The van der Waals surface area contributed by atoms with Crippen LogP contribution in [0.25, 0.3) is 0 Å². The molecule has 2 amide bonds. The molecule has 0 rings (SSSR count). The summed E-state index contributed by atoms with van der Waals surface area (Å²) in [5, 5.41) is 16.0. The number of carbonyl (C=O) groups is 3. The normalized spacial score (nSPS) is 15.0. The molecule has 37 heavy (non-hydrogen) atoms. The van der Waals surface area contributed by atoms with E-state index in [-0.39, 0.29) is 17.8 Å². The second-order valence-corrected chi connectivity index (χ2v) is 10.3. The van der Waals surface area contributed by atoms with Crippen molar-refractivity contribution < 1.29 is 24.2 Å². The summed E-state index contributed by atoms with van der Waals surface area (Å²) in [5.74, 6) is -1.07. The van der Waals surface area contributed by atoms with Gasteiger partial charge in [-0.05, 0) is 57.6 Å². The Morgan fingerprint density at radius 2 is 1.65 bits per heavy atom. The summed E-state index contributed by atoms with van der Waals surface area (Å²) in [6.45, 7) is 9.32. The van der Waals surface area contributed by atoms with Crippen LogP contribution in [0.2, 0.25) is 0 Å². The molecule has 0 aromatic heterocycles. The fourth-order valence-electron chi connectivity index (χ4n) is 2.94. The summed E-state index contributed by atoms with van der Waals surface area (Å²) < 4.78 is 4.54. The molecule has 0 fully saturated rings. The smallest absolute Gasteiger partial charge is 0.330 e. The van der Waals surface area contributed by atoms with Gasteiger partial charge in [0.15, 0.2) is 0 Å². The number of hydrogen-bond acceptors (Lipinski definition) is 5. The molecule has 0 aromatic carbocycles. The Morgan fingerprint density at radius 3 is 2.27 bits per heavy atom. The molecule has 0 heterocycles. The number of halogens is 1. The van der Waals surface area contributed by atoms with E-state index >= 15 is 0 Å². The second-order valence-electron chi connectivity index (χ2n) is 9.66. The molecule has 0 aliphatic carbocycles. The van der Waals surface area contributed by atoms with Crippen LogP contribution in [-0.2, 0) is 19.1 Å². The van der Waals surface area contributed by atoms with Crippen molar-refractivity contribution in [2.75, 3.05) is 7.11 Å². The molecular weight excluding hydrogens is 492 g/mol. The van der Waals surface area contributed by atoms with Gasteiger partial charge in [0.2, 0.25) is 11.8 Å². The van der Waals surface area contributed by atoms with E-state index < -0.39 is 17.6 Å². The van der Waals surface area contributed by atoms with E-state index in [1.165, 1.54) is 25.5 Å². The van der Waals surface area contributed by atoms with Crippen molar-refractivity contribution in [3.8, 4) is 0 Å². The fraction of sp³-hybridized carbons (Fsp3) is 0.483. The fourth-order valence-corrected chi connectivity index (χ4v) is 3.03. The zero-order chi connectivity index (χ0) is 28.3. The van der Waals surface area contributed by atoms with Gasteiger partial charge in [0.05, 0.1) is 13.2 Å². The molecular formula is C29H43ClN2O5. The van der Waals surface area contributed by atoms with Crippen molar-refractivity contribution in [2.24, 2.45) is 5.41 Å². The molecule has 2 unspecified atom stereocenters. The van der Waals surface area contributed by atoms with E-state index in [1.54, 1.807) is 37.3 Å². The number of amides is 2. The number of allylic oxidation sites excluding steroid dienone is 7. The standard InChI is InChI=1S/C29H43ClN2O5/c1-22(14-9-7-8-10-18-26(35)37-6)15-11-12-17-25(34)32-27(29(3,4)5)28(36)31-21-13-16-24(33)20-19-23(2)30/h10-15,17-19,21,24,27,33H,7-9,16,20H2,1-6H3,(H,31,36)(H,32,34). The maximum absolute atomic E-state index is 12.7. The van der Waals surface area contributed by atoms with Gasteiger partial charge in [-0.25, -0.2) is 4.79 Å². The number of ether oxygens (including phenoxy) is 1. The number of nitrogens with one attached hydrogen (secondary N) is 2. The third-order valence-corrected chi connectivity index (χ3v) is 5.21. The van der Waals surface area contributed by atoms with Crippen LogP contribution >= 0.6 is 11.6 Å². The average Bonchev–Trinajstić information content (AvgIpc) is 2.82. The number of hydrogen-bond donors (Lipinski definition) is 3. The summed E-state index contributed by atoms with van der Waals surface area (Å²) in [6.07, 6.45) is 19.6. The van der Waals surface area contributed by atoms with Crippen molar-refractivity contribution in [3.63, 3.8) is 0 Å². The number of aliphatic hydroxyl groups is 1. The predicted octanol–water partition coefficient (Wildman–Crippen LogP) is 5.39. The Hall–Kier alpha value is -2.90. The van der Waals surface area contributed by atoms with E-state index in [0.29, 0.717) is 17.9 Å². The van der Waals surface area contributed by atoms with Crippen LogP contribution in [0.15, 0.2) is 71.5 Å². The van der Waals surface area contributed by atoms with Gasteiger partial charge in [0.1, 0.15) is 6.04 Å². The van der Waals surface area contributed by atoms with Crippen LogP contribution in [0.1, 0.15) is 66.7 Å². The number of unbranched alkanes of at least 4 members (excludes halogenated alkanes) is 2. The Balaban J connectivity index is 4.69. The quantitative estimate of drug-likeness (QED) is 0.113. The predicted molar refractivity (Wildman–Crippen MR) is 151 cm³/mol. The molecule has 0 saturated carbocycles. The van der Waals surface area contributed by atoms with Gasteiger partial charge in [-0.2, -0.15) is 0 Å². The monoisotopic (exact) mass is 534 g/mol. The first-order valence-electron chi connectivity index (χ1n) is 12.4. The summed E-state index contributed by atoms with van der Waals surface area (Å²) in [6, 6.07) is -0.750. The highest BCUT2D eigenvalue weighted by molar-refractivity contribution is 6.29. The summed E-state index contributed by atoms with van der Waals surface area (Å²) in [7, 11) is 1.35. The molecule has 0 aliphatic heterocycles. The van der Waals surface area contributed by atoms with Gasteiger partial charge >= 0.3 is 5.97 Å². The van der Waals surface area contributed by atoms with Crippen molar-refractivity contribution in [2.45, 2.75) is 78.9 Å². The van der Waals surface area contributed by atoms with Crippen molar-refractivity contribution in [1.29, 1.82) is 0 Å². The molecule has 0 aromatic rings. The second kappa shape index (κ2) is 19.2. The number of rotatable bonds is 15. The zero-order valence-electron chi connectivity index (χ0n) is 22.9. The largest absolute Gasteiger partial charge is 0.466 e. The lowest BCUT2D eigenvalue weighted by atomic mass is 9.86. The van der Waals surface area contributed by atoms with Gasteiger partial charge < -0.3 is 20.5 Å². The van der Waals surface area contributed by atoms with Gasteiger partial charge in [0, 0.05) is 17.2 Å². The Kier molecular flexibility index (Phi) is 17.7. The van der Waals surface area contributed by atoms with Gasteiger partial charge in [0.25, 0.3) is 0 Å². The topological polar surface area (TPSA) is 105 Å². The highest BCUT2D eigenvalue weighted by atomic mass is 35.5. The van der Waals surface area contributed by atoms with Gasteiger partial charge in [-0.15, -0.1) is 0 Å². The highest BCUT2D eigenvalue weighted by Gasteiger charge is 2.31. The van der Waals surface area contributed by atoms with Crippen LogP contribution in [0, 0.1) is 5.41 Å². The molecule has 0 radical (unpaired) electrons. The Bertz CT molecular complexity index is 904. The highest BCUT2D eigenvalue weighted by Crippen LogP contribution is 2.19. The van der Waals surface area contributed by atoms with Crippen molar-refractivity contribution >= 4 is 29.4 Å². The van der Waals surface area contributed by atoms with E-state index in [0.717, 1.165) is 24.8 Å². The molecule has 3 N–H and O–H groups in total. The third-order valence-electron chi connectivity index (χ3n) is 5.05. The average molecular weight is 535 g/mol. The number of aliphatic hydroxyl groups excluding tert-OH is 1. The Morgan fingerprint density at radius 1 is 0.973 bits per heavy atom. The molecule has 0 saturated heterocycles. The summed E-state index contributed by atoms with van der Waals surface area (Å²) >= 11 is 5.76. The molecule has 0 bridgehead atoms. The lowest BCUT2D eigenvalue weighted by Crippen LogP contribution is -2.52. The lowest BCUT2D eigenvalue weighted by molar-refractivity contribution is -0.134. The minimum Gasteiger partial charge on any atom is -0.466 e. The van der Waals surface area contributed by atoms with Gasteiger partial charge in [-0.1, -0.05) is 80.5 Å². The molecule has 7 nitrogen and oxygen atoms in total. The Labute approximate surface area is 227 Å². The van der Waals surface area contributed by atoms with Crippen LogP contribution in [0.4, 0.5) is 0 Å². The first-order valence-corrected chi connectivity index (χ1v) is 12.8. The van der Waals surface area contributed by atoms with E-state index in [9.17, 15) is 19.5 Å². The van der Waals surface area contributed by atoms with Crippen LogP contribution in [0.5, 0.6) is 0 Å². The maximum atomic E-state index is 12.7. The molecule has 2 atom stereocenters. The van der Waals surface area contributed by atoms with Crippen molar-refractivity contribution in [3.05, 3.63) is 71.5 Å². The minimum atomic E-state index is -0.750. The lowest BCUT2D eigenvalue weighted by Gasteiger charge is -2.29. The maximum Gasteiger partial charge on any atom is 0.330 e. The first-order chi connectivity index (χ1) is 17.4. The molecule has 8 heteroatoms.